The summed E-state index contributed by atoms with van der Waals surface area (Å²) in [6, 6.07) is 8.65. The maximum Gasteiger partial charge on any atom is 0.283 e. The molecule has 0 atom stereocenters. The largest absolute Gasteiger partial charge is 0.389 e. The van der Waals surface area contributed by atoms with Gasteiger partial charge in [0, 0.05) is 28.9 Å². The summed E-state index contributed by atoms with van der Waals surface area (Å²) >= 11 is 6.12. The molecule has 3 aromatic rings. The zero-order valence-corrected chi connectivity index (χ0v) is 18.1. The molecular weight excluding hydrogens is 452 g/mol. The first-order chi connectivity index (χ1) is 15.8. The Bertz CT molecular complexity index is 1490. The molecule has 1 N–H and O–H groups in total. The quantitative estimate of drug-likeness (QED) is 0.586. The summed E-state index contributed by atoms with van der Waals surface area (Å²) in [5.41, 5.74) is 0.0701. The van der Waals surface area contributed by atoms with Crippen molar-refractivity contribution in [1.82, 2.24) is 14.6 Å². The molecule has 1 aliphatic rings. The molecule has 11 heteroatoms. The predicted octanol–water partition coefficient (Wildman–Crippen LogP) is 1.84. The van der Waals surface area contributed by atoms with Gasteiger partial charge in [-0.1, -0.05) is 17.7 Å². The van der Waals surface area contributed by atoms with Crippen LogP contribution in [0.15, 0.2) is 23.2 Å². The number of benzene rings is 1. The van der Waals surface area contributed by atoms with Crippen LogP contribution in [0.5, 0.6) is 0 Å². The van der Waals surface area contributed by atoms with Gasteiger partial charge in [0.05, 0.1) is 11.8 Å². The second-order valence-electron chi connectivity index (χ2n) is 7.40. The lowest BCUT2D eigenvalue weighted by Gasteiger charge is -2.38. The van der Waals surface area contributed by atoms with Crippen molar-refractivity contribution in [3.05, 3.63) is 56.2 Å². The van der Waals surface area contributed by atoms with Gasteiger partial charge in [-0.05, 0) is 37.1 Å². The minimum absolute atomic E-state index is 0.00667. The van der Waals surface area contributed by atoms with Gasteiger partial charge in [0.1, 0.15) is 34.9 Å². The van der Waals surface area contributed by atoms with Gasteiger partial charge in [-0.2, -0.15) is 20.1 Å². The Balaban J connectivity index is 2.13. The second-order valence-corrected chi connectivity index (χ2v) is 7.83. The van der Waals surface area contributed by atoms with Gasteiger partial charge < -0.3 is 10.0 Å². The minimum atomic E-state index is -2.96. The summed E-state index contributed by atoms with van der Waals surface area (Å²) < 4.78 is 28.4. The van der Waals surface area contributed by atoms with Crippen molar-refractivity contribution in [3.8, 4) is 12.1 Å². The van der Waals surface area contributed by atoms with E-state index in [0.717, 1.165) is 0 Å². The molecule has 0 radical (unpaired) electrons. The third-order valence-corrected chi connectivity index (χ3v) is 5.54. The lowest BCUT2D eigenvalue weighted by Crippen LogP contribution is -2.52. The fourth-order valence-corrected chi connectivity index (χ4v) is 3.90. The number of aryl methyl sites for hydroxylation is 1. The third kappa shape index (κ3) is 3.80. The number of aromatic nitrogens is 3. The number of rotatable bonds is 4. The fourth-order valence-electron chi connectivity index (χ4n) is 3.73. The van der Waals surface area contributed by atoms with Gasteiger partial charge in [0.2, 0.25) is 0 Å². The van der Waals surface area contributed by atoms with E-state index in [1.807, 2.05) is 6.07 Å². The van der Waals surface area contributed by atoms with Crippen molar-refractivity contribution < 1.29 is 13.9 Å². The Morgan fingerprint density at radius 1 is 1.39 bits per heavy atom. The average molecular weight is 468 g/mol. The molecule has 0 bridgehead atoms. The molecule has 0 aliphatic carbocycles. The van der Waals surface area contributed by atoms with Crippen LogP contribution in [0.3, 0.4) is 0 Å². The molecule has 1 fully saturated rings. The monoisotopic (exact) mass is 467 g/mol. The number of alkyl halides is 2. The van der Waals surface area contributed by atoms with Gasteiger partial charge >= 0.3 is 0 Å². The van der Waals surface area contributed by atoms with E-state index >= 15 is 0 Å². The number of halogens is 3. The van der Waals surface area contributed by atoms with E-state index in [4.69, 9.17) is 11.6 Å². The second kappa shape index (κ2) is 8.58. The zero-order valence-electron chi connectivity index (χ0n) is 17.3. The highest BCUT2D eigenvalue weighted by Crippen LogP contribution is 2.32. The number of fused-ring (bicyclic) bond motifs is 1. The summed E-state index contributed by atoms with van der Waals surface area (Å²) in [6.07, 6.45) is -1.83. The summed E-state index contributed by atoms with van der Waals surface area (Å²) in [5.74, 6) is 0.400. The molecule has 1 aliphatic heterocycles. The van der Waals surface area contributed by atoms with Crippen LogP contribution in [0.4, 0.5) is 14.6 Å². The van der Waals surface area contributed by atoms with E-state index in [1.54, 1.807) is 42.2 Å². The molecule has 1 aromatic carbocycles. The number of hydrogen-bond donors (Lipinski definition) is 1. The van der Waals surface area contributed by atoms with E-state index in [0.29, 0.717) is 32.5 Å². The Morgan fingerprint density at radius 2 is 2.12 bits per heavy atom. The minimum Gasteiger partial charge on any atom is -0.389 e. The number of nitriles is 2. The van der Waals surface area contributed by atoms with Crippen LogP contribution in [0.1, 0.15) is 28.9 Å². The molecule has 0 saturated carbocycles. The van der Waals surface area contributed by atoms with Gasteiger partial charge in [0.15, 0.2) is 5.65 Å². The fraction of sp³-hybridized carbons (Fsp3) is 0.227. The topological polar surface area (TPSA) is 114 Å². The normalized spacial score (nSPS) is 15.4. The van der Waals surface area contributed by atoms with Crippen LogP contribution >= 0.6 is 11.6 Å². The first-order valence-electron chi connectivity index (χ1n) is 9.72. The highest BCUT2D eigenvalue weighted by atomic mass is 35.5. The Hall–Kier alpha value is -3.86. The zero-order chi connectivity index (χ0) is 23.9. The van der Waals surface area contributed by atoms with Crippen LogP contribution in [-0.2, 0) is 0 Å². The SMILES string of the molecule is C=N/C(C#N)=c1/cc(Cl)cc/c1=C\c1c(C)nc2c(C#N)c(C(F)F)nn2c1N1CC(O)C1. The molecule has 3 heterocycles. The predicted molar refractivity (Wildman–Crippen MR) is 118 cm³/mol. The molecule has 4 rings (SSSR count). The van der Waals surface area contributed by atoms with Crippen molar-refractivity contribution in [1.29, 1.82) is 10.5 Å². The number of aliphatic hydroxyl groups excluding tert-OH is 1. The van der Waals surface area contributed by atoms with Crippen molar-refractivity contribution in [2.24, 2.45) is 4.99 Å². The Labute approximate surface area is 191 Å². The first-order valence-corrected chi connectivity index (χ1v) is 10.1. The summed E-state index contributed by atoms with van der Waals surface area (Å²) in [7, 11) is 0. The number of aliphatic hydroxyl groups is 1. The molecular formula is C22H16ClF2N7O. The molecule has 2 aromatic heterocycles. The van der Waals surface area contributed by atoms with Crippen molar-refractivity contribution in [3.63, 3.8) is 0 Å². The van der Waals surface area contributed by atoms with Crippen LogP contribution in [0, 0.1) is 29.6 Å². The van der Waals surface area contributed by atoms with E-state index in [-0.39, 0.29) is 30.0 Å². The molecule has 33 heavy (non-hydrogen) atoms. The van der Waals surface area contributed by atoms with Crippen LogP contribution in [0.25, 0.3) is 17.4 Å². The third-order valence-electron chi connectivity index (χ3n) is 5.31. The molecule has 0 unspecified atom stereocenters. The average Bonchev–Trinajstić information content (AvgIpc) is 3.13. The number of nitrogens with zero attached hydrogens (tertiary/aromatic N) is 7. The molecule has 166 valence electrons. The number of anilines is 1. The summed E-state index contributed by atoms with van der Waals surface area (Å²) in [6.45, 7) is 5.61. The van der Waals surface area contributed by atoms with E-state index in [9.17, 15) is 24.4 Å². The van der Waals surface area contributed by atoms with E-state index in [1.165, 1.54) is 4.52 Å². The number of hydrogen-bond acceptors (Lipinski definition) is 7. The lowest BCUT2D eigenvalue weighted by atomic mass is 10.1. The van der Waals surface area contributed by atoms with E-state index in [2.05, 4.69) is 21.8 Å². The van der Waals surface area contributed by atoms with Crippen molar-refractivity contribution in [2.45, 2.75) is 19.5 Å². The number of aliphatic imine (C=N–C) groups is 1. The van der Waals surface area contributed by atoms with Gasteiger partial charge in [0.25, 0.3) is 6.43 Å². The van der Waals surface area contributed by atoms with Gasteiger partial charge in [-0.25, -0.2) is 13.8 Å². The Morgan fingerprint density at radius 3 is 2.70 bits per heavy atom. The molecule has 0 amide bonds. The van der Waals surface area contributed by atoms with Crippen LogP contribution in [-0.4, -0.2) is 45.6 Å². The van der Waals surface area contributed by atoms with Crippen LogP contribution < -0.4 is 15.3 Å². The number of β-amino-alcohol motifs (C(OH)–C–C–N with tert-alkyl or cyclic N) is 1. The van der Waals surface area contributed by atoms with Crippen molar-refractivity contribution >= 4 is 41.6 Å². The highest BCUT2D eigenvalue weighted by Gasteiger charge is 2.32. The molecule has 1 saturated heterocycles. The Kier molecular flexibility index (Phi) is 5.81. The first kappa shape index (κ1) is 22.3. The maximum absolute atomic E-state index is 13.6. The maximum atomic E-state index is 13.6. The summed E-state index contributed by atoms with van der Waals surface area (Å²) in [4.78, 5) is 9.91. The highest BCUT2D eigenvalue weighted by molar-refractivity contribution is 6.30. The van der Waals surface area contributed by atoms with Crippen molar-refractivity contribution in [2.75, 3.05) is 18.0 Å². The smallest absolute Gasteiger partial charge is 0.283 e. The summed E-state index contributed by atoms with van der Waals surface area (Å²) in [5, 5.41) is 34.2. The molecule has 8 nitrogen and oxygen atoms in total. The van der Waals surface area contributed by atoms with Crippen LogP contribution in [0.2, 0.25) is 5.02 Å². The standard InChI is InChI=1S/C22H16ClF2N7O/c1-11-15(5-12-3-4-13(23)6-16(12)18(8-27)28-2)22(31-9-14(33)10-31)32-21(29-11)17(7-26)19(30-32)20(24)25/h3-6,14,20,33H,2,9-10H2,1H3/b12-5+,18-16-. The van der Waals surface area contributed by atoms with E-state index < -0.39 is 18.2 Å². The molecule has 0 spiro atoms. The lowest BCUT2D eigenvalue weighted by molar-refractivity contribution is 0.139. The van der Waals surface area contributed by atoms with Gasteiger partial charge in [-0.15, -0.1) is 0 Å². The van der Waals surface area contributed by atoms with Gasteiger partial charge in [-0.3, -0.25) is 4.99 Å².